The summed E-state index contributed by atoms with van der Waals surface area (Å²) in [7, 11) is 1.44. The number of fused-ring (bicyclic) bond motifs is 1. The molecule has 3 rings (SSSR count). The van der Waals surface area contributed by atoms with Crippen molar-refractivity contribution in [2.45, 2.75) is 19.8 Å². The minimum atomic E-state index is -0.563. The largest absolute Gasteiger partial charge is 0.379 e. The van der Waals surface area contributed by atoms with Gasteiger partial charge in [-0.15, -0.1) is 0 Å². The van der Waals surface area contributed by atoms with Gasteiger partial charge in [0.15, 0.2) is 5.78 Å². The molecule has 1 atom stereocenters. The van der Waals surface area contributed by atoms with Crippen LogP contribution in [0, 0.1) is 21.8 Å². The van der Waals surface area contributed by atoms with Crippen molar-refractivity contribution >= 4 is 49.8 Å². The van der Waals surface area contributed by atoms with E-state index in [1.807, 2.05) is 6.92 Å². The highest BCUT2D eigenvalue weighted by atomic mass is 79.9. The fraction of sp³-hybridized carbons (Fsp3) is 0.261. The van der Waals surface area contributed by atoms with Gasteiger partial charge in [0.2, 0.25) is 0 Å². The van der Waals surface area contributed by atoms with Gasteiger partial charge in [-0.2, -0.15) is 0 Å². The number of ketones is 1. The van der Waals surface area contributed by atoms with Gasteiger partial charge in [0.05, 0.1) is 10.5 Å². The van der Waals surface area contributed by atoms with E-state index in [9.17, 15) is 24.1 Å². The fourth-order valence-electron chi connectivity index (χ4n) is 3.58. The Bertz CT molecular complexity index is 1230. The number of amides is 1. The van der Waals surface area contributed by atoms with Gasteiger partial charge in [0.25, 0.3) is 11.6 Å². The topological polar surface area (TPSA) is 114 Å². The number of aromatic nitrogens is 1. The Hall–Kier alpha value is -3.40. The van der Waals surface area contributed by atoms with E-state index in [-0.39, 0.29) is 41.6 Å². The average Bonchev–Trinajstić information content (AvgIpc) is 2.80. The maximum Gasteiger partial charge on any atom is 0.294 e. The molecule has 0 aliphatic rings. The average molecular weight is 517 g/mol. The number of nitro benzene ring substituents is 1. The molecule has 3 aromatic rings. The first kappa shape index (κ1) is 24.2. The molecular weight excluding hydrogens is 495 g/mol. The van der Waals surface area contributed by atoms with Crippen molar-refractivity contribution in [1.29, 1.82) is 0 Å². The summed E-state index contributed by atoms with van der Waals surface area (Å²) in [5, 5.41) is 18.2. The molecule has 0 bridgehead atoms. The summed E-state index contributed by atoms with van der Waals surface area (Å²) in [6, 6.07) is 7.00. The quantitative estimate of drug-likeness (QED) is 0.232. The monoisotopic (exact) mass is 516 g/mol. The van der Waals surface area contributed by atoms with Crippen LogP contribution in [-0.4, -0.2) is 35.2 Å². The first-order valence-corrected chi connectivity index (χ1v) is 11.0. The Morgan fingerprint density at radius 1 is 1.21 bits per heavy atom. The Morgan fingerprint density at radius 3 is 2.64 bits per heavy atom. The van der Waals surface area contributed by atoms with Crippen molar-refractivity contribution in [3.05, 3.63) is 74.3 Å². The standard InChI is InChI=1S/C23H22BrFN4O4/c1-3-13(6-21(30)19-12-27-11-14-7-16(25)4-5-17(14)19)10-28-22-18(23(31)26-2)8-15(24)9-20(22)29(32)33/h4-5,7-9,11-13,28H,3,6,10H2,1-2H3,(H,26,31). The SMILES string of the molecule is CCC(CNc1c(C(=O)NC)cc(Br)cc1[N+](=O)[O-])CC(=O)c1cncc2cc(F)ccc12. The van der Waals surface area contributed by atoms with E-state index < -0.39 is 16.6 Å². The zero-order valence-corrected chi connectivity index (χ0v) is 19.6. The zero-order chi connectivity index (χ0) is 24.1. The molecule has 1 amide bonds. The van der Waals surface area contributed by atoms with Crippen LogP contribution in [0.3, 0.4) is 0 Å². The molecule has 0 saturated heterocycles. The predicted octanol–water partition coefficient (Wildman–Crippen LogP) is 5.12. The lowest BCUT2D eigenvalue weighted by Crippen LogP contribution is -2.23. The van der Waals surface area contributed by atoms with Gasteiger partial charge in [-0.25, -0.2) is 4.39 Å². The molecule has 0 saturated carbocycles. The van der Waals surface area contributed by atoms with Crippen LogP contribution in [0.5, 0.6) is 0 Å². The van der Waals surface area contributed by atoms with Gasteiger partial charge in [0, 0.05) is 53.9 Å². The smallest absolute Gasteiger partial charge is 0.294 e. The van der Waals surface area contributed by atoms with Crippen LogP contribution in [0.15, 0.2) is 47.2 Å². The van der Waals surface area contributed by atoms with Crippen LogP contribution in [0.4, 0.5) is 15.8 Å². The third kappa shape index (κ3) is 5.51. The molecule has 0 fully saturated rings. The van der Waals surface area contributed by atoms with Gasteiger partial charge < -0.3 is 10.6 Å². The highest BCUT2D eigenvalue weighted by molar-refractivity contribution is 9.10. The molecule has 2 N–H and O–H groups in total. The summed E-state index contributed by atoms with van der Waals surface area (Å²) in [4.78, 5) is 40.4. The van der Waals surface area contributed by atoms with Crippen molar-refractivity contribution in [2.75, 3.05) is 18.9 Å². The van der Waals surface area contributed by atoms with Crippen LogP contribution in [0.1, 0.15) is 40.5 Å². The number of benzene rings is 2. The van der Waals surface area contributed by atoms with E-state index in [1.165, 1.54) is 43.7 Å². The lowest BCUT2D eigenvalue weighted by molar-refractivity contribution is -0.384. The van der Waals surface area contributed by atoms with E-state index in [1.54, 1.807) is 6.07 Å². The molecule has 1 aromatic heterocycles. The number of hydrogen-bond acceptors (Lipinski definition) is 6. The number of rotatable bonds is 9. The first-order chi connectivity index (χ1) is 15.7. The van der Waals surface area contributed by atoms with Crippen molar-refractivity contribution in [3.63, 3.8) is 0 Å². The summed E-state index contributed by atoms with van der Waals surface area (Å²) in [5.41, 5.74) is 0.367. The molecule has 0 aliphatic heterocycles. The maximum absolute atomic E-state index is 13.5. The van der Waals surface area contributed by atoms with E-state index >= 15 is 0 Å². The molecule has 2 aromatic carbocycles. The highest BCUT2D eigenvalue weighted by Gasteiger charge is 2.24. The third-order valence-electron chi connectivity index (χ3n) is 5.39. The van der Waals surface area contributed by atoms with Crippen LogP contribution in [-0.2, 0) is 0 Å². The molecule has 8 nitrogen and oxygen atoms in total. The maximum atomic E-state index is 13.5. The van der Waals surface area contributed by atoms with Gasteiger partial charge in [-0.3, -0.25) is 24.7 Å². The van der Waals surface area contributed by atoms with Crippen LogP contribution in [0.25, 0.3) is 10.8 Å². The predicted molar refractivity (Wildman–Crippen MR) is 127 cm³/mol. The molecule has 0 aliphatic carbocycles. The summed E-state index contributed by atoms with van der Waals surface area (Å²) in [6.45, 7) is 2.15. The van der Waals surface area contributed by atoms with E-state index in [4.69, 9.17) is 0 Å². The van der Waals surface area contributed by atoms with Gasteiger partial charge >= 0.3 is 0 Å². The second-order valence-electron chi connectivity index (χ2n) is 7.52. The number of carbonyl (C=O) groups is 2. The molecular formula is C23H22BrFN4O4. The molecule has 0 radical (unpaired) electrons. The van der Waals surface area contributed by atoms with Gasteiger partial charge in [0.1, 0.15) is 11.5 Å². The summed E-state index contributed by atoms with van der Waals surface area (Å²) < 4.78 is 13.9. The Labute approximate surface area is 197 Å². The number of hydrogen-bond donors (Lipinski definition) is 2. The number of nitrogens with one attached hydrogen (secondary N) is 2. The molecule has 10 heteroatoms. The van der Waals surface area contributed by atoms with Crippen molar-refractivity contribution in [3.8, 4) is 0 Å². The molecule has 172 valence electrons. The normalized spacial score (nSPS) is 11.8. The van der Waals surface area contributed by atoms with E-state index in [0.29, 0.717) is 27.2 Å². The second-order valence-corrected chi connectivity index (χ2v) is 8.43. The summed E-state index contributed by atoms with van der Waals surface area (Å²) in [5.74, 6) is -1.22. The highest BCUT2D eigenvalue weighted by Crippen LogP contribution is 2.33. The van der Waals surface area contributed by atoms with Gasteiger partial charge in [-0.1, -0.05) is 35.3 Å². The van der Waals surface area contributed by atoms with Crippen molar-refractivity contribution in [2.24, 2.45) is 5.92 Å². The zero-order valence-electron chi connectivity index (χ0n) is 18.0. The Kier molecular flexibility index (Phi) is 7.70. The first-order valence-electron chi connectivity index (χ1n) is 10.3. The number of anilines is 1. The molecule has 0 spiro atoms. The number of nitrogens with zero attached hydrogens (tertiary/aromatic N) is 2. The second kappa shape index (κ2) is 10.5. The molecule has 33 heavy (non-hydrogen) atoms. The number of pyridine rings is 1. The number of nitro groups is 1. The molecule has 1 heterocycles. The van der Waals surface area contributed by atoms with Crippen LogP contribution >= 0.6 is 15.9 Å². The summed E-state index contributed by atoms with van der Waals surface area (Å²) >= 11 is 3.20. The Balaban J connectivity index is 1.84. The number of carbonyl (C=O) groups excluding carboxylic acids is 2. The van der Waals surface area contributed by atoms with Crippen LogP contribution in [0.2, 0.25) is 0 Å². The van der Waals surface area contributed by atoms with Gasteiger partial charge in [-0.05, 0) is 29.5 Å². The van der Waals surface area contributed by atoms with Crippen molar-refractivity contribution in [1.82, 2.24) is 10.3 Å². The van der Waals surface area contributed by atoms with Crippen molar-refractivity contribution < 1.29 is 18.9 Å². The fourth-order valence-corrected chi connectivity index (χ4v) is 4.03. The third-order valence-corrected chi connectivity index (χ3v) is 5.85. The van der Waals surface area contributed by atoms with E-state index in [2.05, 4.69) is 31.5 Å². The van der Waals surface area contributed by atoms with E-state index in [0.717, 1.165) is 0 Å². The minimum absolute atomic E-state index is 0.0933. The summed E-state index contributed by atoms with van der Waals surface area (Å²) in [6.07, 6.45) is 3.74. The lowest BCUT2D eigenvalue weighted by Gasteiger charge is -2.18. The number of halogens is 2. The lowest BCUT2D eigenvalue weighted by atomic mass is 9.94. The van der Waals surface area contributed by atoms with Crippen LogP contribution < -0.4 is 10.6 Å². The molecule has 1 unspecified atom stereocenters. The minimum Gasteiger partial charge on any atom is -0.379 e. The Morgan fingerprint density at radius 2 is 1.97 bits per heavy atom. The number of Topliss-reactive ketones (excluding diaryl/α,β-unsaturated/α-hetero) is 1.